The van der Waals surface area contributed by atoms with Crippen molar-refractivity contribution in [3.8, 4) is 0 Å². The molecule has 1 aromatic heterocycles. The summed E-state index contributed by atoms with van der Waals surface area (Å²) in [6, 6.07) is 14.8. The van der Waals surface area contributed by atoms with Gasteiger partial charge in [-0.2, -0.15) is 0 Å². The number of guanidine groups is 1. The quantitative estimate of drug-likeness (QED) is 0.283. The lowest BCUT2D eigenvalue weighted by atomic mass is 10.1. The second-order valence-electron chi connectivity index (χ2n) is 6.86. The number of para-hydroxylation sites is 1. The van der Waals surface area contributed by atoms with Gasteiger partial charge in [0.15, 0.2) is 5.96 Å². The third-order valence-electron chi connectivity index (χ3n) is 4.74. The normalized spacial score (nSPS) is 12.1. The van der Waals surface area contributed by atoms with Gasteiger partial charge in [-0.3, -0.25) is 4.99 Å². The lowest BCUT2D eigenvalue weighted by Crippen LogP contribution is -2.36. The fraction of sp³-hybridized carbons (Fsp3) is 0.286. The summed E-state index contributed by atoms with van der Waals surface area (Å²) in [6.45, 7) is 3.07. The zero-order valence-corrected chi connectivity index (χ0v) is 20.6. The molecule has 0 aliphatic heterocycles. The Kier molecular flexibility index (Phi) is 8.27. The first-order valence-electron chi connectivity index (χ1n) is 9.26. The molecule has 2 N–H and O–H groups in total. The van der Waals surface area contributed by atoms with Gasteiger partial charge in [0.05, 0.1) is 11.4 Å². The molecule has 7 nitrogen and oxygen atoms in total. The standard InChI is InChI=1S/C21H26N4O3S.HI/c1-15-18-7-5-6-8-19(18)28-20(15)14-24-21(22-2)23-13-16-9-11-17(12-10-16)29(26,27)25(3)4;/h5-12H,13-14H2,1-4H3,(H2,22,23,24);1H. The maximum absolute atomic E-state index is 12.1. The van der Waals surface area contributed by atoms with Crippen molar-refractivity contribution in [3.05, 3.63) is 65.4 Å². The molecule has 0 aliphatic rings. The highest BCUT2D eigenvalue weighted by atomic mass is 127. The first-order valence-corrected chi connectivity index (χ1v) is 10.7. The number of aliphatic imine (C=N–C) groups is 1. The van der Waals surface area contributed by atoms with Crippen molar-refractivity contribution >= 4 is 50.9 Å². The summed E-state index contributed by atoms with van der Waals surface area (Å²) < 4.78 is 31.4. The fourth-order valence-corrected chi connectivity index (χ4v) is 3.86. The van der Waals surface area contributed by atoms with Crippen LogP contribution in [0.1, 0.15) is 16.9 Å². The maximum atomic E-state index is 12.1. The molecule has 0 saturated carbocycles. The first-order chi connectivity index (χ1) is 13.8. The van der Waals surface area contributed by atoms with E-state index >= 15 is 0 Å². The number of aryl methyl sites for hydroxylation is 1. The molecule has 162 valence electrons. The second-order valence-corrected chi connectivity index (χ2v) is 9.01. The summed E-state index contributed by atoms with van der Waals surface area (Å²) in [4.78, 5) is 4.50. The summed E-state index contributed by atoms with van der Waals surface area (Å²) in [7, 11) is 1.32. The minimum Gasteiger partial charge on any atom is -0.459 e. The van der Waals surface area contributed by atoms with Gasteiger partial charge in [-0.25, -0.2) is 12.7 Å². The van der Waals surface area contributed by atoms with Crippen molar-refractivity contribution in [2.75, 3.05) is 21.1 Å². The summed E-state index contributed by atoms with van der Waals surface area (Å²) >= 11 is 0. The molecule has 0 saturated heterocycles. The Morgan fingerprint density at radius 3 is 2.27 bits per heavy atom. The first kappa shape index (κ1) is 24.2. The number of nitrogens with one attached hydrogen (secondary N) is 2. The highest BCUT2D eigenvalue weighted by Gasteiger charge is 2.16. The average Bonchev–Trinajstić information content (AvgIpc) is 3.04. The van der Waals surface area contributed by atoms with E-state index in [1.165, 1.54) is 18.4 Å². The van der Waals surface area contributed by atoms with Crippen molar-refractivity contribution in [2.45, 2.75) is 24.9 Å². The molecule has 0 aliphatic carbocycles. The topological polar surface area (TPSA) is 86.9 Å². The molecular weight excluding hydrogens is 515 g/mol. The largest absolute Gasteiger partial charge is 0.459 e. The van der Waals surface area contributed by atoms with E-state index in [-0.39, 0.29) is 28.9 Å². The molecule has 3 aromatic rings. The molecule has 9 heteroatoms. The van der Waals surface area contributed by atoms with Crippen LogP contribution < -0.4 is 10.6 Å². The fourth-order valence-electron chi connectivity index (χ4n) is 2.95. The number of fused-ring (bicyclic) bond motifs is 1. The maximum Gasteiger partial charge on any atom is 0.242 e. The number of hydrogen-bond acceptors (Lipinski definition) is 4. The zero-order chi connectivity index (χ0) is 21.0. The van der Waals surface area contributed by atoms with Gasteiger partial charge in [-0.1, -0.05) is 30.3 Å². The predicted molar refractivity (Wildman–Crippen MR) is 131 cm³/mol. The number of nitrogens with zero attached hydrogens (tertiary/aromatic N) is 2. The van der Waals surface area contributed by atoms with Crippen LogP contribution in [0.5, 0.6) is 0 Å². The van der Waals surface area contributed by atoms with Crippen molar-refractivity contribution in [1.29, 1.82) is 0 Å². The van der Waals surface area contributed by atoms with Gasteiger partial charge in [-0.15, -0.1) is 24.0 Å². The van der Waals surface area contributed by atoms with E-state index in [1.807, 2.05) is 31.2 Å². The predicted octanol–water partition coefficient (Wildman–Crippen LogP) is 3.47. The van der Waals surface area contributed by atoms with Crippen LogP contribution in [0.4, 0.5) is 0 Å². The summed E-state index contributed by atoms with van der Waals surface area (Å²) in [6.07, 6.45) is 0. The molecule has 30 heavy (non-hydrogen) atoms. The summed E-state index contributed by atoms with van der Waals surface area (Å²) in [5.74, 6) is 1.50. The molecule has 0 amide bonds. The number of rotatable bonds is 6. The molecule has 0 bridgehead atoms. The average molecular weight is 542 g/mol. The van der Waals surface area contributed by atoms with Gasteiger partial charge >= 0.3 is 0 Å². The van der Waals surface area contributed by atoms with Gasteiger partial charge < -0.3 is 15.1 Å². The molecule has 1 heterocycles. The van der Waals surface area contributed by atoms with Gasteiger partial charge in [0.1, 0.15) is 11.3 Å². The number of benzene rings is 2. The van der Waals surface area contributed by atoms with E-state index in [0.717, 1.165) is 27.9 Å². The van der Waals surface area contributed by atoms with E-state index in [0.29, 0.717) is 19.0 Å². The van der Waals surface area contributed by atoms with Crippen LogP contribution in [0.2, 0.25) is 0 Å². The summed E-state index contributed by atoms with van der Waals surface area (Å²) in [5.41, 5.74) is 2.93. The third kappa shape index (κ3) is 5.32. The van der Waals surface area contributed by atoms with Crippen LogP contribution in [0.15, 0.2) is 62.8 Å². The lowest BCUT2D eigenvalue weighted by Gasteiger charge is -2.13. The van der Waals surface area contributed by atoms with Crippen molar-refractivity contribution in [2.24, 2.45) is 4.99 Å². The Morgan fingerprint density at radius 2 is 1.67 bits per heavy atom. The Morgan fingerprint density at radius 1 is 1.03 bits per heavy atom. The van der Waals surface area contributed by atoms with Gasteiger partial charge in [0.25, 0.3) is 0 Å². The Bertz CT molecular complexity index is 1120. The molecule has 0 radical (unpaired) electrons. The van der Waals surface area contributed by atoms with Crippen LogP contribution in [0.3, 0.4) is 0 Å². The number of furan rings is 1. The van der Waals surface area contributed by atoms with E-state index in [9.17, 15) is 8.42 Å². The molecular formula is C21H27IN4O3S. The van der Waals surface area contributed by atoms with E-state index < -0.39 is 10.0 Å². The van der Waals surface area contributed by atoms with Crippen molar-refractivity contribution < 1.29 is 12.8 Å². The van der Waals surface area contributed by atoms with Crippen LogP contribution in [0, 0.1) is 6.92 Å². The van der Waals surface area contributed by atoms with Crippen LogP contribution in [-0.2, 0) is 23.1 Å². The lowest BCUT2D eigenvalue weighted by molar-refractivity contribution is 0.520. The number of sulfonamides is 1. The highest BCUT2D eigenvalue weighted by Crippen LogP contribution is 2.24. The Balaban J connectivity index is 0.00000320. The number of hydrogen-bond donors (Lipinski definition) is 2. The van der Waals surface area contributed by atoms with Gasteiger partial charge in [0.2, 0.25) is 10.0 Å². The van der Waals surface area contributed by atoms with Crippen molar-refractivity contribution in [1.82, 2.24) is 14.9 Å². The third-order valence-corrected chi connectivity index (χ3v) is 6.57. The van der Waals surface area contributed by atoms with E-state index in [1.54, 1.807) is 31.3 Å². The molecule has 3 rings (SSSR count). The monoisotopic (exact) mass is 542 g/mol. The minimum absolute atomic E-state index is 0. The smallest absolute Gasteiger partial charge is 0.242 e. The van der Waals surface area contributed by atoms with Crippen LogP contribution in [0.25, 0.3) is 11.0 Å². The van der Waals surface area contributed by atoms with Crippen LogP contribution in [-0.4, -0.2) is 39.8 Å². The molecule has 0 unspecified atom stereocenters. The van der Waals surface area contributed by atoms with Crippen LogP contribution >= 0.6 is 24.0 Å². The number of halogens is 1. The van der Waals surface area contributed by atoms with E-state index in [4.69, 9.17) is 4.42 Å². The molecule has 0 fully saturated rings. The second kappa shape index (κ2) is 10.3. The molecule has 2 aromatic carbocycles. The molecule has 0 atom stereocenters. The minimum atomic E-state index is -3.42. The summed E-state index contributed by atoms with van der Waals surface area (Å²) in [5, 5.41) is 7.59. The SMILES string of the molecule is CN=C(NCc1ccc(S(=O)(=O)N(C)C)cc1)NCc1oc2ccccc2c1C.I. The van der Waals surface area contributed by atoms with Gasteiger partial charge in [-0.05, 0) is 30.7 Å². The van der Waals surface area contributed by atoms with Crippen molar-refractivity contribution in [3.63, 3.8) is 0 Å². The Labute approximate surface area is 194 Å². The van der Waals surface area contributed by atoms with E-state index in [2.05, 4.69) is 15.6 Å². The highest BCUT2D eigenvalue weighted by molar-refractivity contribution is 14.0. The molecule has 0 spiro atoms. The zero-order valence-electron chi connectivity index (χ0n) is 17.5. The van der Waals surface area contributed by atoms with Gasteiger partial charge in [0, 0.05) is 38.6 Å². The Hall–Kier alpha value is -2.11.